The SMILES string of the molecule is COc1cc(Cl)ccc1C(O)Cc1cc(F)ccc1Br. The molecule has 0 aliphatic heterocycles. The zero-order valence-electron chi connectivity index (χ0n) is 10.7. The molecule has 0 aromatic heterocycles. The number of methoxy groups -OCH3 is 1. The van der Waals surface area contributed by atoms with Gasteiger partial charge in [-0.3, -0.25) is 0 Å². The van der Waals surface area contributed by atoms with Gasteiger partial charge in [0.05, 0.1) is 13.2 Å². The molecule has 0 fully saturated rings. The van der Waals surface area contributed by atoms with E-state index in [1.807, 2.05) is 0 Å². The van der Waals surface area contributed by atoms with Crippen molar-refractivity contribution in [1.29, 1.82) is 0 Å². The first-order valence-electron chi connectivity index (χ1n) is 5.96. The molecule has 0 saturated carbocycles. The lowest BCUT2D eigenvalue weighted by atomic mass is 10.0. The van der Waals surface area contributed by atoms with Crippen LogP contribution in [0.1, 0.15) is 17.2 Å². The lowest BCUT2D eigenvalue weighted by Gasteiger charge is -2.16. The number of hydrogen-bond acceptors (Lipinski definition) is 2. The molecule has 0 radical (unpaired) electrons. The highest BCUT2D eigenvalue weighted by Crippen LogP contribution is 2.31. The molecule has 5 heteroatoms. The summed E-state index contributed by atoms with van der Waals surface area (Å²) in [5, 5.41) is 10.9. The van der Waals surface area contributed by atoms with Gasteiger partial charge in [0.1, 0.15) is 11.6 Å². The summed E-state index contributed by atoms with van der Waals surface area (Å²) in [5.74, 6) is 0.177. The third-order valence-corrected chi connectivity index (χ3v) is 3.98. The van der Waals surface area contributed by atoms with E-state index in [0.29, 0.717) is 21.9 Å². The molecular weight excluding hydrogens is 347 g/mol. The molecule has 2 nitrogen and oxygen atoms in total. The van der Waals surface area contributed by atoms with E-state index in [2.05, 4.69) is 15.9 Å². The van der Waals surface area contributed by atoms with Crippen LogP contribution in [-0.4, -0.2) is 12.2 Å². The van der Waals surface area contributed by atoms with Crippen molar-refractivity contribution in [3.05, 3.63) is 62.8 Å². The summed E-state index contributed by atoms with van der Waals surface area (Å²) in [7, 11) is 1.51. The highest BCUT2D eigenvalue weighted by Gasteiger charge is 2.16. The van der Waals surface area contributed by atoms with E-state index in [1.165, 1.54) is 19.2 Å². The first-order chi connectivity index (χ1) is 9.51. The number of ether oxygens (including phenoxy) is 1. The van der Waals surface area contributed by atoms with Gasteiger partial charge >= 0.3 is 0 Å². The fourth-order valence-corrected chi connectivity index (χ4v) is 2.55. The molecule has 106 valence electrons. The van der Waals surface area contributed by atoms with E-state index in [1.54, 1.807) is 24.3 Å². The predicted molar refractivity (Wildman–Crippen MR) is 80.8 cm³/mol. The molecule has 1 atom stereocenters. The van der Waals surface area contributed by atoms with Crippen LogP contribution in [0.15, 0.2) is 40.9 Å². The Hall–Kier alpha value is -1.10. The van der Waals surface area contributed by atoms with Crippen molar-refractivity contribution in [3.63, 3.8) is 0 Å². The Kier molecular flexibility index (Phi) is 5.02. The maximum atomic E-state index is 13.3. The molecule has 1 N–H and O–H groups in total. The van der Waals surface area contributed by atoms with Crippen LogP contribution in [0.5, 0.6) is 5.75 Å². The fraction of sp³-hybridized carbons (Fsp3) is 0.200. The zero-order chi connectivity index (χ0) is 14.7. The van der Waals surface area contributed by atoms with Gasteiger partial charge in [-0.05, 0) is 35.9 Å². The van der Waals surface area contributed by atoms with Crippen LogP contribution in [0.3, 0.4) is 0 Å². The first-order valence-corrected chi connectivity index (χ1v) is 7.14. The topological polar surface area (TPSA) is 29.5 Å². The highest BCUT2D eigenvalue weighted by atomic mass is 79.9. The van der Waals surface area contributed by atoms with Gasteiger partial charge in [-0.25, -0.2) is 4.39 Å². The van der Waals surface area contributed by atoms with Crippen molar-refractivity contribution in [2.75, 3.05) is 7.11 Å². The number of aliphatic hydroxyl groups is 1. The van der Waals surface area contributed by atoms with E-state index in [-0.39, 0.29) is 12.2 Å². The standard InChI is InChI=1S/C15H13BrClFO2/c1-20-15-8-10(17)2-4-12(15)14(19)7-9-6-11(18)3-5-13(9)16/h2-6,8,14,19H,7H2,1H3. The van der Waals surface area contributed by atoms with Gasteiger partial charge in [-0.15, -0.1) is 0 Å². The third kappa shape index (κ3) is 3.51. The van der Waals surface area contributed by atoms with Crippen LogP contribution in [0.4, 0.5) is 4.39 Å². The highest BCUT2D eigenvalue weighted by molar-refractivity contribution is 9.10. The molecule has 0 saturated heterocycles. The van der Waals surface area contributed by atoms with E-state index in [4.69, 9.17) is 16.3 Å². The van der Waals surface area contributed by atoms with Gasteiger partial charge in [0, 0.05) is 21.5 Å². The Labute approximate surface area is 130 Å². The van der Waals surface area contributed by atoms with Crippen molar-refractivity contribution < 1.29 is 14.2 Å². The second kappa shape index (κ2) is 6.57. The average Bonchev–Trinajstić information content (AvgIpc) is 2.42. The third-order valence-electron chi connectivity index (χ3n) is 2.98. The molecule has 0 aliphatic rings. The molecule has 0 bridgehead atoms. The van der Waals surface area contributed by atoms with Gasteiger partial charge in [0.15, 0.2) is 0 Å². The molecule has 0 amide bonds. The number of hydrogen-bond donors (Lipinski definition) is 1. The normalized spacial score (nSPS) is 12.2. The maximum Gasteiger partial charge on any atom is 0.126 e. The van der Waals surface area contributed by atoms with Crippen LogP contribution in [0.2, 0.25) is 5.02 Å². The van der Waals surface area contributed by atoms with E-state index in [0.717, 1.165) is 4.47 Å². The van der Waals surface area contributed by atoms with Gasteiger partial charge in [-0.2, -0.15) is 0 Å². The first kappa shape index (κ1) is 15.3. The van der Waals surface area contributed by atoms with Gasteiger partial charge in [0.25, 0.3) is 0 Å². The van der Waals surface area contributed by atoms with Crippen molar-refractivity contribution in [3.8, 4) is 5.75 Å². The summed E-state index contributed by atoms with van der Waals surface area (Å²) in [6.07, 6.45) is -0.531. The summed E-state index contributed by atoms with van der Waals surface area (Å²) in [6.45, 7) is 0. The van der Waals surface area contributed by atoms with Crippen LogP contribution in [0.25, 0.3) is 0 Å². The smallest absolute Gasteiger partial charge is 0.126 e. The maximum absolute atomic E-state index is 13.3. The van der Waals surface area contributed by atoms with Gasteiger partial charge < -0.3 is 9.84 Å². The summed E-state index contributed by atoms with van der Waals surface area (Å²) in [5.41, 5.74) is 1.31. The van der Waals surface area contributed by atoms with Crippen LogP contribution < -0.4 is 4.74 Å². The molecule has 1 unspecified atom stereocenters. The quantitative estimate of drug-likeness (QED) is 0.869. The number of benzene rings is 2. The van der Waals surface area contributed by atoms with Crippen LogP contribution in [-0.2, 0) is 6.42 Å². The Balaban J connectivity index is 2.28. The molecule has 0 aliphatic carbocycles. The van der Waals surface area contributed by atoms with Crippen LogP contribution >= 0.6 is 27.5 Å². The van der Waals surface area contributed by atoms with Crippen molar-refractivity contribution in [2.24, 2.45) is 0 Å². The summed E-state index contributed by atoms with van der Waals surface area (Å²) in [6, 6.07) is 9.41. The van der Waals surface area contributed by atoms with Crippen molar-refractivity contribution in [1.82, 2.24) is 0 Å². The van der Waals surface area contributed by atoms with E-state index in [9.17, 15) is 9.50 Å². The zero-order valence-corrected chi connectivity index (χ0v) is 13.1. The summed E-state index contributed by atoms with van der Waals surface area (Å²) < 4.78 is 19.2. The molecule has 20 heavy (non-hydrogen) atoms. The Morgan fingerprint density at radius 2 is 2.05 bits per heavy atom. The van der Waals surface area contributed by atoms with Gasteiger partial charge in [-0.1, -0.05) is 33.6 Å². The fourth-order valence-electron chi connectivity index (χ4n) is 1.98. The minimum absolute atomic E-state index is 0.274. The summed E-state index contributed by atoms with van der Waals surface area (Å²) in [4.78, 5) is 0. The number of aliphatic hydroxyl groups excluding tert-OH is 1. The monoisotopic (exact) mass is 358 g/mol. The lowest BCUT2D eigenvalue weighted by Crippen LogP contribution is -2.05. The second-order valence-electron chi connectivity index (χ2n) is 4.34. The average molecular weight is 360 g/mol. The Bertz CT molecular complexity index is 619. The Morgan fingerprint density at radius 1 is 1.30 bits per heavy atom. The van der Waals surface area contributed by atoms with E-state index >= 15 is 0 Å². The molecule has 0 spiro atoms. The van der Waals surface area contributed by atoms with Gasteiger partial charge in [0.2, 0.25) is 0 Å². The Morgan fingerprint density at radius 3 is 2.75 bits per heavy atom. The molecule has 0 heterocycles. The minimum atomic E-state index is -0.805. The van der Waals surface area contributed by atoms with Crippen molar-refractivity contribution in [2.45, 2.75) is 12.5 Å². The van der Waals surface area contributed by atoms with E-state index < -0.39 is 6.10 Å². The molecule has 2 rings (SSSR count). The summed E-state index contributed by atoms with van der Waals surface area (Å²) >= 11 is 9.24. The lowest BCUT2D eigenvalue weighted by molar-refractivity contribution is 0.173. The minimum Gasteiger partial charge on any atom is -0.496 e. The molecular formula is C15H13BrClFO2. The predicted octanol–water partition coefficient (Wildman–Crippen LogP) is 4.53. The number of rotatable bonds is 4. The largest absolute Gasteiger partial charge is 0.496 e. The molecule has 2 aromatic carbocycles. The molecule has 2 aromatic rings. The van der Waals surface area contributed by atoms with Crippen LogP contribution in [0, 0.1) is 5.82 Å². The number of halogens is 3. The van der Waals surface area contributed by atoms with Crippen molar-refractivity contribution >= 4 is 27.5 Å². The second-order valence-corrected chi connectivity index (χ2v) is 5.63.